The first-order chi connectivity index (χ1) is 13.3. The maximum atomic E-state index is 12.5. The van der Waals surface area contributed by atoms with E-state index in [1.165, 1.54) is 13.2 Å². The number of ether oxygens (including phenoxy) is 2. The number of hydrogen-bond acceptors (Lipinski definition) is 3. The smallest absolute Gasteiger partial charge is 0.387 e. The lowest BCUT2D eigenvalue weighted by Crippen LogP contribution is -3.08. The van der Waals surface area contributed by atoms with Gasteiger partial charge >= 0.3 is 6.61 Å². The predicted octanol–water partition coefficient (Wildman–Crippen LogP) is 2.82. The zero-order valence-corrected chi connectivity index (χ0v) is 16.6. The summed E-state index contributed by atoms with van der Waals surface area (Å²) in [6, 6.07) is 10.8. The van der Waals surface area contributed by atoms with E-state index in [0.717, 1.165) is 33.7 Å². The second-order valence-electron chi connectivity index (χ2n) is 6.69. The van der Waals surface area contributed by atoms with Crippen molar-refractivity contribution in [3.05, 3.63) is 53.1 Å². The van der Waals surface area contributed by atoms with Gasteiger partial charge in [-0.05, 0) is 42.7 Å². The van der Waals surface area contributed by atoms with Gasteiger partial charge in [-0.15, -0.1) is 0 Å². The summed E-state index contributed by atoms with van der Waals surface area (Å²) in [7, 11) is 3.29. The van der Waals surface area contributed by atoms with Gasteiger partial charge in [-0.1, -0.05) is 25.1 Å². The molecule has 0 heterocycles. The van der Waals surface area contributed by atoms with Gasteiger partial charge in [0.25, 0.3) is 5.91 Å². The Morgan fingerprint density at radius 3 is 2.61 bits per heavy atom. The number of halogens is 2. The lowest BCUT2D eigenvalue weighted by molar-refractivity contribution is -0.885. The number of rotatable bonds is 9. The summed E-state index contributed by atoms with van der Waals surface area (Å²) in [4.78, 5) is 13.4. The zero-order chi connectivity index (χ0) is 20.7. The molecule has 0 radical (unpaired) electrons. The standard InChI is InChI=1S/C21H26F2N2O3/c1-5-16-8-6-7-14(2)20(16)24-19(26)13-25(3)12-15-9-10-17(28-21(22)23)18(11-15)27-4/h6-11,21H,5,12-13H2,1-4H3,(H,24,26)/p+1. The number of carbonyl (C=O) groups is 1. The zero-order valence-electron chi connectivity index (χ0n) is 16.6. The van der Waals surface area contributed by atoms with Crippen LogP contribution in [-0.4, -0.2) is 33.2 Å². The van der Waals surface area contributed by atoms with Crippen molar-refractivity contribution in [2.24, 2.45) is 0 Å². The van der Waals surface area contributed by atoms with E-state index in [-0.39, 0.29) is 24.0 Å². The predicted molar refractivity (Wildman–Crippen MR) is 104 cm³/mol. The second-order valence-corrected chi connectivity index (χ2v) is 6.69. The number of likely N-dealkylation sites (N-methyl/N-ethyl adjacent to an activating group) is 1. The average molecular weight is 393 g/mol. The summed E-state index contributed by atoms with van der Waals surface area (Å²) < 4.78 is 34.4. The molecule has 1 atom stereocenters. The van der Waals surface area contributed by atoms with Gasteiger partial charge < -0.3 is 19.7 Å². The first-order valence-electron chi connectivity index (χ1n) is 9.15. The molecule has 152 valence electrons. The van der Waals surface area contributed by atoms with E-state index in [1.54, 1.807) is 12.1 Å². The van der Waals surface area contributed by atoms with Gasteiger partial charge in [-0.25, -0.2) is 0 Å². The molecule has 0 aliphatic rings. The molecule has 7 heteroatoms. The minimum absolute atomic E-state index is 0.0108. The summed E-state index contributed by atoms with van der Waals surface area (Å²) in [5.41, 5.74) is 3.86. The molecule has 0 aliphatic heterocycles. The van der Waals surface area contributed by atoms with Crippen LogP contribution < -0.4 is 19.7 Å². The Balaban J connectivity index is 2.00. The Hall–Kier alpha value is -2.67. The van der Waals surface area contributed by atoms with Crippen LogP contribution in [0.1, 0.15) is 23.6 Å². The quantitative estimate of drug-likeness (QED) is 0.689. The van der Waals surface area contributed by atoms with Crippen LogP contribution >= 0.6 is 0 Å². The van der Waals surface area contributed by atoms with Gasteiger partial charge in [0.15, 0.2) is 18.0 Å². The van der Waals surface area contributed by atoms with Gasteiger partial charge in [0, 0.05) is 11.3 Å². The number of aryl methyl sites for hydroxylation is 2. The summed E-state index contributed by atoms with van der Waals surface area (Å²) in [5, 5.41) is 3.01. The van der Waals surface area contributed by atoms with Gasteiger partial charge in [0.05, 0.1) is 14.2 Å². The molecule has 1 amide bonds. The van der Waals surface area contributed by atoms with Crippen LogP contribution in [0.4, 0.5) is 14.5 Å². The Kier molecular flexibility index (Phi) is 7.75. The van der Waals surface area contributed by atoms with Crippen molar-refractivity contribution < 1.29 is 27.9 Å². The molecule has 0 saturated carbocycles. The van der Waals surface area contributed by atoms with Crippen LogP contribution in [-0.2, 0) is 17.8 Å². The highest BCUT2D eigenvalue weighted by molar-refractivity contribution is 5.93. The third-order valence-electron chi connectivity index (χ3n) is 4.42. The lowest BCUT2D eigenvalue weighted by atomic mass is 10.1. The van der Waals surface area contributed by atoms with Gasteiger partial charge in [0.1, 0.15) is 6.54 Å². The Morgan fingerprint density at radius 2 is 1.96 bits per heavy atom. The van der Waals surface area contributed by atoms with Crippen molar-refractivity contribution in [3.63, 3.8) is 0 Å². The van der Waals surface area contributed by atoms with Gasteiger partial charge in [0.2, 0.25) is 0 Å². The van der Waals surface area contributed by atoms with Crippen LogP contribution in [0, 0.1) is 6.92 Å². The number of para-hydroxylation sites is 1. The van der Waals surface area contributed by atoms with Crippen LogP contribution in [0.5, 0.6) is 11.5 Å². The van der Waals surface area contributed by atoms with Gasteiger partial charge in [-0.3, -0.25) is 4.79 Å². The van der Waals surface area contributed by atoms with E-state index in [9.17, 15) is 13.6 Å². The number of amides is 1. The molecule has 0 saturated heterocycles. The maximum absolute atomic E-state index is 12.5. The number of benzene rings is 2. The fraction of sp³-hybridized carbons (Fsp3) is 0.381. The monoisotopic (exact) mass is 393 g/mol. The fourth-order valence-electron chi connectivity index (χ4n) is 3.09. The molecule has 2 N–H and O–H groups in total. The van der Waals surface area contributed by atoms with E-state index in [1.807, 2.05) is 32.2 Å². The van der Waals surface area contributed by atoms with Crippen LogP contribution in [0.25, 0.3) is 0 Å². The molecule has 5 nitrogen and oxygen atoms in total. The highest BCUT2D eigenvalue weighted by atomic mass is 19.3. The second kappa shape index (κ2) is 10.0. The van der Waals surface area contributed by atoms with E-state index in [2.05, 4.69) is 17.0 Å². The summed E-state index contributed by atoms with van der Waals surface area (Å²) in [6.07, 6.45) is 0.840. The Bertz CT molecular complexity index is 812. The van der Waals surface area contributed by atoms with E-state index in [4.69, 9.17) is 4.74 Å². The molecule has 2 aromatic rings. The Labute approximate surface area is 164 Å². The fourth-order valence-corrected chi connectivity index (χ4v) is 3.09. The molecular formula is C21H27F2N2O3+. The average Bonchev–Trinajstić information content (AvgIpc) is 2.64. The molecule has 0 spiro atoms. The van der Waals surface area contributed by atoms with Crippen LogP contribution in [0.2, 0.25) is 0 Å². The van der Waals surface area contributed by atoms with E-state index < -0.39 is 6.61 Å². The maximum Gasteiger partial charge on any atom is 0.387 e. The minimum Gasteiger partial charge on any atom is -0.493 e. The van der Waals surface area contributed by atoms with Crippen LogP contribution in [0.15, 0.2) is 36.4 Å². The SMILES string of the molecule is CCc1cccc(C)c1NC(=O)C[NH+](C)Cc1ccc(OC(F)F)c(OC)c1. The molecule has 1 unspecified atom stereocenters. The lowest BCUT2D eigenvalue weighted by Gasteiger charge is -2.17. The number of nitrogens with one attached hydrogen (secondary N) is 2. The third-order valence-corrected chi connectivity index (χ3v) is 4.42. The Morgan fingerprint density at radius 1 is 1.21 bits per heavy atom. The molecule has 2 rings (SSSR count). The molecule has 2 aromatic carbocycles. The minimum atomic E-state index is -2.91. The number of hydrogen-bond donors (Lipinski definition) is 2. The first-order valence-corrected chi connectivity index (χ1v) is 9.15. The summed E-state index contributed by atoms with van der Waals surface area (Å²) in [6.45, 7) is 1.92. The van der Waals surface area contributed by atoms with Crippen LogP contribution in [0.3, 0.4) is 0 Å². The van der Waals surface area contributed by atoms with Crippen molar-refractivity contribution in [3.8, 4) is 11.5 Å². The summed E-state index contributed by atoms with van der Waals surface area (Å²) >= 11 is 0. The normalized spacial score (nSPS) is 12.0. The van der Waals surface area contributed by atoms with Crippen molar-refractivity contribution in [2.45, 2.75) is 33.4 Å². The number of quaternary nitrogens is 1. The molecule has 0 bridgehead atoms. The van der Waals surface area contributed by atoms with E-state index in [0.29, 0.717) is 6.54 Å². The van der Waals surface area contributed by atoms with Gasteiger partial charge in [-0.2, -0.15) is 8.78 Å². The van der Waals surface area contributed by atoms with E-state index >= 15 is 0 Å². The molecule has 0 fully saturated rings. The molecular weight excluding hydrogens is 366 g/mol. The van der Waals surface area contributed by atoms with Crippen molar-refractivity contribution in [2.75, 3.05) is 26.0 Å². The van der Waals surface area contributed by atoms with Crippen molar-refractivity contribution >= 4 is 11.6 Å². The molecule has 28 heavy (non-hydrogen) atoms. The van der Waals surface area contributed by atoms with Crippen molar-refractivity contribution in [1.29, 1.82) is 0 Å². The largest absolute Gasteiger partial charge is 0.493 e. The number of anilines is 1. The molecule has 0 aromatic heterocycles. The number of methoxy groups -OCH3 is 1. The number of alkyl halides is 2. The topological polar surface area (TPSA) is 52.0 Å². The molecule has 0 aliphatic carbocycles. The number of carbonyl (C=O) groups excluding carboxylic acids is 1. The highest BCUT2D eigenvalue weighted by Crippen LogP contribution is 2.29. The highest BCUT2D eigenvalue weighted by Gasteiger charge is 2.16. The van der Waals surface area contributed by atoms with Crippen molar-refractivity contribution in [1.82, 2.24) is 0 Å². The first kappa shape index (κ1) is 21.6. The summed E-state index contributed by atoms with van der Waals surface area (Å²) in [5.74, 6) is 0.150. The third kappa shape index (κ3) is 5.92.